The summed E-state index contributed by atoms with van der Waals surface area (Å²) in [6.07, 6.45) is -0.547. The molecule has 0 aliphatic carbocycles. The molecule has 148 valence electrons. The quantitative estimate of drug-likeness (QED) is 0.596. The smallest absolute Gasteiger partial charge is 0.243 e. The highest BCUT2D eigenvalue weighted by molar-refractivity contribution is 9.10. The molecule has 0 spiro atoms. The molecule has 2 heterocycles. The Balaban J connectivity index is 1.43. The molecule has 0 amide bonds. The fourth-order valence-corrected chi connectivity index (χ4v) is 5.43. The van der Waals surface area contributed by atoms with Gasteiger partial charge in [-0.1, -0.05) is 22.0 Å². The second-order valence-corrected chi connectivity index (χ2v) is 10.4. The summed E-state index contributed by atoms with van der Waals surface area (Å²) < 4.78 is 33.4. The number of aliphatic hydroxyl groups excluding tert-OH is 1. The molecule has 2 aromatic rings. The highest BCUT2D eigenvalue weighted by Crippen LogP contribution is 2.18. The van der Waals surface area contributed by atoms with Crippen molar-refractivity contribution in [3.63, 3.8) is 0 Å². The van der Waals surface area contributed by atoms with Crippen LogP contribution in [0.15, 0.2) is 51.1 Å². The number of quaternary nitrogens is 1. The first-order valence-electron chi connectivity index (χ1n) is 8.82. The predicted molar refractivity (Wildman–Crippen MR) is 108 cm³/mol. The van der Waals surface area contributed by atoms with Gasteiger partial charge in [-0.25, -0.2) is 8.42 Å². The van der Waals surface area contributed by atoms with Crippen molar-refractivity contribution in [1.82, 2.24) is 4.31 Å². The van der Waals surface area contributed by atoms with E-state index < -0.39 is 16.1 Å². The van der Waals surface area contributed by atoms with Crippen LogP contribution in [-0.4, -0.2) is 63.3 Å². The molecule has 1 fully saturated rings. The van der Waals surface area contributed by atoms with Crippen molar-refractivity contribution in [2.24, 2.45) is 0 Å². The monoisotopic (exact) mass is 475 g/mol. The maximum atomic E-state index is 12.7. The normalized spacial score (nSPS) is 17.9. The van der Waals surface area contributed by atoms with Crippen molar-refractivity contribution in [2.45, 2.75) is 17.6 Å². The minimum atomic E-state index is -3.46. The first-order chi connectivity index (χ1) is 12.9. The van der Waals surface area contributed by atoms with Crippen LogP contribution in [0.3, 0.4) is 0 Å². The summed E-state index contributed by atoms with van der Waals surface area (Å²) in [4.78, 5) is 2.65. The van der Waals surface area contributed by atoms with Crippen LogP contribution in [0.2, 0.25) is 0 Å². The van der Waals surface area contributed by atoms with E-state index in [0.29, 0.717) is 50.8 Å². The van der Waals surface area contributed by atoms with Crippen LogP contribution in [0.5, 0.6) is 0 Å². The van der Waals surface area contributed by atoms with E-state index in [1.807, 2.05) is 17.5 Å². The Morgan fingerprint density at radius 3 is 2.56 bits per heavy atom. The van der Waals surface area contributed by atoms with Crippen molar-refractivity contribution >= 4 is 37.3 Å². The summed E-state index contributed by atoms with van der Waals surface area (Å²) in [7, 11) is -3.46. The summed E-state index contributed by atoms with van der Waals surface area (Å²) >= 11 is 4.96. The molecule has 1 atom stereocenters. The zero-order valence-corrected chi connectivity index (χ0v) is 18.1. The van der Waals surface area contributed by atoms with E-state index in [1.165, 1.54) is 9.21 Å². The average Bonchev–Trinajstić information content (AvgIpc) is 3.16. The molecule has 1 aromatic carbocycles. The SMILES string of the molecule is O=S(=O)(c1ccc(Br)cc1)N1CC[NH+](C[C@@H](O)COCc2cccs2)CC1. The van der Waals surface area contributed by atoms with Crippen LogP contribution in [0.1, 0.15) is 4.88 Å². The fourth-order valence-electron chi connectivity index (χ4n) is 3.08. The van der Waals surface area contributed by atoms with E-state index in [4.69, 9.17) is 4.74 Å². The van der Waals surface area contributed by atoms with Crippen molar-refractivity contribution < 1.29 is 23.2 Å². The number of nitrogens with one attached hydrogen (secondary N) is 1. The van der Waals surface area contributed by atoms with Crippen molar-refractivity contribution in [1.29, 1.82) is 0 Å². The number of ether oxygens (including phenoxy) is 1. The van der Waals surface area contributed by atoms with Gasteiger partial charge in [0.15, 0.2) is 0 Å². The number of halogens is 1. The number of hydrogen-bond acceptors (Lipinski definition) is 5. The Labute approximate surface area is 172 Å². The standard InChI is InChI=1S/C18H23BrN2O4S2/c19-15-3-5-18(6-4-15)27(23,24)21-9-7-20(8-10-21)12-16(22)13-25-14-17-2-1-11-26-17/h1-6,11,16,22H,7-10,12-14H2/p+1/t16-/m1/s1. The molecule has 1 aliphatic rings. The number of benzene rings is 1. The molecule has 0 saturated carbocycles. The van der Waals surface area contributed by atoms with E-state index in [-0.39, 0.29) is 0 Å². The Morgan fingerprint density at radius 2 is 1.93 bits per heavy atom. The van der Waals surface area contributed by atoms with Crippen LogP contribution >= 0.6 is 27.3 Å². The Bertz CT molecular complexity index is 804. The first-order valence-corrected chi connectivity index (χ1v) is 11.9. The van der Waals surface area contributed by atoms with Gasteiger partial charge in [-0.15, -0.1) is 11.3 Å². The van der Waals surface area contributed by atoms with Gasteiger partial charge < -0.3 is 14.7 Å². The number of sulfonamides is 1. The Hall–Kier alpha value is -0.810. The van der Waals surface area contributed by atoms with Gasteiger partial charge in [0.2, 0.25) is 10.0 Å². The number of piperazine rings is 1. The van der Waals surface area contributed by atoms with E-state index in [1.54, 1.807) is 35.6 Å². The third kappa shape index (κ3) is 5.83. The van der Waals surface area contributed by atoms with Gasteiger partial charge in [0.25, 0.3) is 0 Å². The Morgan fingerprint density at radius 1 is 1.22 bits per heavy atom. The first kappa shape index (κ1) is 20.9. The number of aliphatic hydroxyl groups is 1. The summed E-state index contributed by atoms with van der Waals surface area (Å²) in [5.41, 5.74) is 0. The number of nitrogens with zero attached hydrogens (tertiary/aromatic N) is 1. The van der Waals surface area contributed by atoms with Crippen LogP contribution in [0.4, 0.5) is 0 Å². The summed E-state index contributed by atoms with van der Waals surface area (Å²) in [6, 6.07) is 10.7. The predicted octanol–water partition coefficient (Wildman–Crippen LogP) is 0.978. The third-order valence-electron chi connectivity index (χ3n) is 4.54. The van der Waals surface area contributed by atoms with Gasteiger partial charge in [0.05, 0.1) is 44.3 Å². The topological polar surface area (TPSA) is 71.3 Å². The zero-order valence-electron chi connectivity index (χ0n) is 14.9. The molecule has 6 nitrogen and oxygen atoms in total. The largest absolute Gasteiger partial charge is 0.385 e. The zero-order chi connectivity index (χ0) is 19.3. The minimum Gasteiger partial charge on any atom is -0.385 e. The maximum Gasteiger partial charge on any atom is 0.243 e. The number of thiophene rings is 1. The van der Waals surface area contributed by atoms with Crippen molar-refractivity contribution in [3.8, 4) is 0 Å². The van der Waals surface area contributed by atoms with Gasteiger partial charge in [0, 0.05) is 9.35 Å². The average molecular weight is 476 g/mol. The molecule has 1 saturated heterocycles. The van der Waals surface area contributed by atoms with E-state index >= 15 is 0 Å². The minimum absolute atomic E-state index is 0.294. The molecule has 0 bridgehead atoms. The van der Waals surface area contributed by atoms with Gasteiger partial charge in [0.1, 0.15) is 12.6 Å². The molecule has 0 radical (unpaired) electrons. The van der Waals surface area contributed by atoms with Gasteiger partial charge >= 0.3 is 0 Å². The van der Waals surface area contributed by atoms with Crippen molar-refractivity contribution in [3.05, 3.63) is 51.1 Å². The lowest BCUT2D eigenvalue weighted by atomic mass is 10.3. The molecular formula is C18H24BrN2O4S2+. The molecular weight excluding hydrogens is 452 g/mol. The highest BCUT2D eigenvalue weighted by Gasteiger charge is 2.31. The van der Waals surface area contributed by atoms with E-state index in [9.17, 15) is 13.5 Å². The molecule has 1 aromatic heterocycles. The summed E-state index contributed by atoms with van der Waals surface area (Å²) in [5, 5.41) is 12.2. The fraction of sp³-hybridized carbons (Fsp3) is 0.444. The summed E-state index contributed by atoms with van der Waals surface area (Å²) in [6.45, 7) is 3.64. The van der Waals surface area contributed by atoms with Gasteiger partial charge in [-0.3, -0.25) is 0 Å². The van der Waals surface area contributed by atoms with Crippen LogP contribution in [0.25, 0.3) is 0 Å². The lowest BCUT2D eigenvalue weighted by molar-refractivity contribution is -0.906. The second kappa shape index (κ2) is 9.60. The second-order valence-electron chi connectivity index (χ2n) is 6.56. The molecule has 3 rings (SSSR count). The number of rotatable bonds is 8. The van der Waals surface area contributed by atoms with Crippen LogP contribution in [-0.2, 0) is 21.4 Å². The molecule has 1 aliphatic heterocycles. The molecule has 0 unspecified atom stereocenters. The van der Waals surface area contributed by atoms with E-state index in [0.717, 1.165) is 9.35 Å². The van der Waals surface area contributed by atoms with Crippen LogP contribution < -0.4 is 4.90 Å². The Kier molecular flexibility index (Phi) is 7.43. The van der Waals surface area contributed by atoms with Gasteiger partial charge in [-0.2, -0.15) is 4.31 Å². The lowest BCUT2D eigenvalue weighted by Crippen LogP contribution is -3.15. The van der Waals surface area contributed by atoms with Crippen molar-refractivity contribution in [2.75, 3.05) is 39.3 Å². The molecule has 27 heavy (non-hydrogen) atoms. The number of hydrogen-bond donors (Lipinski definition) is 2. The van der Waals surface area contributed by atoms with Gasteiger partial charge in [-0.05, 0) is 35.7 Å². The summed E-state index contributed by atoms with van der Waals surface area (Å²) in [5.74, 6) is 0. The van der Waals surface area contributed by atoms with Crippen LogP contribution in [0, 0.1) is 0 Å². The van der Waals surface area contributed by atoms with E-state index in [2.05, 4.69) is 15.9 Å². The lowest BCUT2D eigenvalue weighted by Gasteiger charge is -2.32. The molecule has 9 heteroatoms. The molecule has 2 N–H and O–H groups in total. The third-order valence-corrected chi connectivity index (χ3v) is 7.83. The highest BCUT2D eigenvalue weighted by atomic mass is 79.9. The maximum absolute atomic E-state index is 12.7.